The molecule has 0 aromatic carbocycles. The number of allylic oxidation sites excluding steroid dienone is 1. The molecular weight excluding hydrogens is 419 g/mol. The van der Waals surface area contributed by atoms with Gasteiger partial charge in [-0.05, 0) is 97.7 Å². The summed E-state index contributed by atoms with van der Waals surface area (Å²) < 4.78 is 0. The number of fused-ring (bicyclic) bond motifs is 5. The molecule has 0 aromatic rings. The van der Waals surface area contributed by atoms with E-state index in [1.165, 1.54) is 57.8 Å². The van der Waals surface area contributed by atoms with Crippen LogP contribution in [0.2, 0.25) is 0 Å². The van der Waals surface area contributed by atoms with Crippen LogP contribution in [0.3, 0.4) is 0 Å². The molecule has 3 saturated carbocycles. The maximum atomic E-state index is 10.2. The first-order valence-electron chi connectivity index (χ1n) is 12.6. The first-order chi connectivity index (χ1) is 13.3. The Hall–Kier alpha value is 0.219. The molecule has 2 radical (unpaired) electrons. The van der Waals surface area contributed by atoms with Crippen molar-refractivity contribution >= 4 is 17.1 Å². The van der Waals surface area contributed by atoms with Crippen molar-refractivity contribution < 1.29 is 5.11 Å². The van der Waals surface area contributed by atoms with Crippen LogP contribution in [0.4, 0.5) is 0 Å². The number of hydrogen-bond donors (Lipinski definition) is 1. The molecule has 0 aromatic heterocycles. The zero-order valence-corrected chi connectivity index (χ0v) is 21.5. The normalized spacial score (nSPS) is 44.9. The molecule has 3 fully saturated rings. The summed E-state index contributed by atoms with van der Waals surface area (Å²) in [5, 5.41) is 10.2. The molecule has 4 aliphatic rings. The van der Waals surface area contributed by atoms with Crippen LogP contribution in [0.25, 0.3) is 0 Å². The Balaban J connectivity index is 0.00000240. The average Bonchev–Trinajstić information content (AvgIpc) is 2.99. The van der Waals surface area contributed by atoms with Crippen LogP contribution in [0.15, 0.2) is 11.6 Å². The van der Waals surface area contributed by atoms with E-state index in [9.17, 15) is 5.11 Å². The van der Waals surface area contributed by atoms with Crippen molar-refractivity contribution in [3.8, 4) is 0 Å². The zero-order valence-electron chi connectivity index (χ0n) is 19.8. The Morgan fingerprint density at radius 2 is 1.76 bits per heavy atom. The molecule has 8 atom stereocenters. The van der Waals surface area contributed by atoms with E-state index in [-0.39, 0.29) is 23.2 Å². The van der Waals surface area contributed by atoms with E-state index in [1.54, 1.807) is 5.57 Å². The molecule has 0 spiro atoms. The van der Waals surface area contributed by atoms with E-state index >= 15 is 0 Å². The number of aliphatic hydroxyl groups excluding tert-OH is 1. The number of aliphatic hydroxyl groups is 1. The minimum Gasteiger partial charge on any atom is -0.393 e. The number of rotatable bonds is 5. The first-order valence-corrected chi connectivity index (χ1v) is 12.6. The monoisotopic (exact) mass is 466 g/mol. The third-order valence-electron chi connectivity index (χ3n) is 10.3. The fourth-order valence-corrected chi connectivity index (χ4v) is 8.67. The van der Waals surface area contributed by atoms with E-state index < -0.39 is 0 Å². The van der Waals surface area contributed by atoms with Gasteiger partial charge in [-0.2, -0.15) is 0 Å². The molecule has 4 rings (SSSR count). The van der Waals surface area contributed by atoms with Crippen molar-refractivity contribution in [3.63, 3.8) is 0 Å². The number of hydrogen-bond acceptors (Lipinski definition) is 1. The van der Waals surface area contributed by atoms with E-state index in [1.807, 2.05) is 0 Å². The van der Waals surface area contributed by atoms with Gasteiger partial charge in [0.25, 0.3) is 0 Å². The van der Waals surface area contributed by atoms with Gasteiger partial charge in [-0.3, -0.25) is 0 Å². The van der Waals surface area contributed by atoms with Gasteiger partial charge in [0.05, 0.1) is 6.10 Å². The van der Waals surface area contributed by atoms with Crippen molar-refractivity contribution in [2.24, 2.45) is 46.3 Å². The molecular formula is C27H46OSe. The minimum absolute atomic E-state index is 0. The van der Waals surface area contributed by atoms with Gasteiger partial charge in [-0.25, -0.2) is 0 Å². The fraction of sp³-hybridized carbons (Fsp3) is 0.926. The molecule has 2 heteroatoms. The van der Waals surface area contributed by atoms with Gasteiger partial charge >= 0.3 is 0 Å². The fourth-order valence-electron chi connectivity index (χ4n) is 8.67. The van der Waals surface area contributed by atoms with E-state index in [2.05, 4.69) is 40.7 Å². The summed E-state index contributed by atoms with van der Waals surface area (Å²) in [6.07, 6.45) is 17.2. The molecule has 0 aliphatic heterocycles. The standard InChI is InChI=1S/C27H46O.Se/c1-18(2)7-6-8-19(3)23-11-12-24-22-10-9-20-17-21(28)13-15-26(20,4)25(22)14-16-27(23,24)5;/h9,18-19,21-25,28H,6-8,10-17H2,1-5H3;/t19-,21+,22+,23-,24+,25+,26+,27-;/m1./s1. The van der Waals surface area contributed by atoms with Crippen molar-refractivity contribution in [3.05, 3.63) is 11.6 Å². The smallest absolute Gasteiger partial charge is 0.0577 e. The molecule has 0 amide bonds. The van der Waals surface area contributed by atoms with Crippen molar-refractivity contribution in [2.45, 2.75) is 111 Å². The van der Waals surface area contributed by atoms with E-state index in [0.717, 1.165) is 48.3 Å². The van der Waals surface area contributed by atoms with Crippen LogP contribution in [0, 0.1) is 46.3 Å². The molecule has 0 unspecified atom stereocenters. The van der Waals surface area contributed by atoms with Gasteiger partial charge in [0, 0.05) is 17.1 Å². The second-order valence-electron chi connectivity index (χ2n) is 12.2. The summed E-state index contributed by atoms with van der Waals surface area (Å²) in [5.41, 5.74) is 2.60. The van der Waals surface area contributed by atoms with Gasteiger partial charge in [0.1, 0.15) is 0 Å². The van der Waals surface area contributed by atoms with Crippen LogP contribution >= 0.6 is 0 Å². The minimum atomic E-state index is -0.0766. The topological polar surface area (TPSA) is 20.2 Å². The SMILES string of the molecule is CC(C)CCC[C@@H](C)[C@H]1CC[C@H]2[C@@H]3CC=C4C[C@@H](O)CC[C@]4(C)[C@H]3CC[C@]12C.[Se]. The Bertz CT molecular complexity index is 597. The first kappa shape index (κ1) is 23.9. The largest absolute Gasteiger partial charge is 0.393 e. The van der Waals surface area contributed by atoms with E-state index in [4.69, 9.17) is 0 Å². The molecule has 4 aliphatic carbocycles. The van der Waals surface area contributed by atoms with Gasteiger partial charge in [-0.1, -0.05) is 65.5 Å². The average molecular weight is 466 g/mol. The van der Waals surface area contributed by atoms with Gasteiger partial charge < -0.3 is 5.11 Å². The maximum Gasteiger partial charge on any atom is 0.0577 e. The Labute approximate surface area is 191 Å². The molecule has 0 bridgehead atoms. The quantitative estimate of drug-likeness (QED) is 0.342. The predicted molar refractivity (Wildman–Crippen MR) is 125 cm³/mol. The van der Waals surface area contributed by atoms with Crippen molar-refractivity contribution in [1.82, 2.24) is 0 Å². The second kappa shape index (κ2) is 8.99. The summed E-state index contributed by atoms with van der Waals surface area (Å²) in [6.45, 7) is 12.6. The Kier molecular flexibility index (Phi) is 7.40. The van der Waals surface area contributed by atoms with Gasteiger partial charge in [0.2, 0.25) is 0 Å². The molecule has 166 valence electrons. The second-order valence-corrected chi connectivity index (χ2v) is 12.2. The van der Waals surface area contributed by atoms with E-state index in [0.29, 0.717) is 10.8 Å². The summed E-state index contributed by atoms with van der Waals surface area (Å²) in [4.78, 5) is 0. The third kappa shape index (κ3) is 4.17. The van der Waals surface area contributed by atoms with Crippen molar-refractivity contribution in [1.29, 1.82) is 0 Å². The summed E-state index contributed by atoms with van der Waals surface area (Å²) >= 11 is 0. The molecule has 29 heavy (non-hydrogen) atoms. The van der Waals surface area contributed by atoms with Crippen LogP contribution < -0.4 is 0 Å². The zero-order chi connectivity index (χ0) is 20.1. The van der Waals surface area contributed by atoms with Crippen LogP contribution in [-0.2, 0) is 0 Å². The Morgan fingerprint density at radius 1 is 1.00 bits per heavy atom. The molecule has 0 saturated heterocycles. The molecule has 1 nitrogen and oxygen atoms in total. The maximum absolute atomic E-state index is 10.2. The summed E-state index contributed by atoms with van der Waals surface area (Å²) in [7, 11) is 0. The van der Waals surface area contributed by atoms with Crippen LogP contribution in [0.1, 0.15) is 105 Å². The third-order valence-corrected chi connectivity index (χ3v) is 10.3. The molecule has 0 heterocycles. The predicted octanol–water partition coefficient (Wildman–Crippen LogP) is 7.01. The molecule has 1 N–H and O–H groups in total. The Morgan fingerprint density at radius 3 is 2.48 bits per heavy atom. The summed E-state index contributed by atoms with van der Waals surface area (Å²) in [6, 6.07) is 0. The van der Waals surface area contributed by atoms with Crippen LogP contribution in [0.5, 0.6) is 0 Å². The van der Waals surface area contributed by atoms with Gasteiger partial charge in [-0.15, -0.1) is 0 Å². The summed E-state index contributed by atoms with van der Waals surface area (Å²) in [5.74, 6) is 5.46. The van der Waals surface area contributed by atoms with Gasteiger partial charge in [0.15, 0.2) is 0 Å². The van der Waals surface area contributed by atoms with Crippen molar-refractivity contribution in [2.75, 3.05) is 0 Å². The van der Waals surface area contributed by atoms with Crippen LogP contribution in [-0.4, -0.2) is 28.3 Å².